The van der Waals surface area contributed by atoms with Gasteiger partial charge >= 0.3 is 12.0 Å². The van der Waals surface area contributed by atoms with Crippen LogP contribution in [0.15, 0.2) is 36.0 Å². The van der Waals surface area contributed by atoms with Gasteiger partial charge in [0.2, 0.25) is 0 Å². The van der Waals surface area contributed by atoms with E-state index in [4.69, 9.17) is 11.6 Å². The van der Waals surface area contributed by atoms with Crippen LogP contribution in [0, 0.1) is 0 Å². The van der Waals surface area contributed by atoms with Gasteiger partial charge in [-0.25, -0.2) is 9.59 Å². The molecule has 1 aromatic carbocycles. The molecule has 3 N–H and O–H groups in total. The van der Waals surface area contributed by atoms with Crippen molar-refractivity contribution in [3.8, 4) is 0 Å². The van der Waals surface area contributed by atoms with Gasteiger partial charge in [-0.05, 0) is 6.07 Å². The molecular weight excluding hydrogens is 314 g/mol. The second-order valence-electron chi connectivity index (χ2n) is 4.09. The third-order valence-corrected chi connectivity index (χ3v) is 3.77. The summed E-state index contributed by atoms with van der Waals surface area (Å²) < 4.78 is 0. The highest BCUT2D eigenvalue weighted by Gasteiger charge is 2.23. The average molecular weight is 326 g/mol. The Morgan fingerprint density at radius 2 is 2.14 bits per heavy atom. The van der Waals surface area contributed by atoms with Crippen LogP contribution >= 0.6 is 22.9 Å². The Hall–Kier alpha value is -2.12. The number of urea groups is 1. The lowest BCUT2D eigenvalue weighted by molar-refractivity contribution is -0.139. The number of aliphatic carboxylic acids is 1. The van der Waals surface area contributed by atoms with Gasteiger partial charge in [0.1, 0.15) is 0 Å². The molecule has 0 aliphatic rings. The van der Waals surface area contributed by atoms with Gasteiger partial charge in [0, 0.05) is 21.7 Å². The summed E-state index contributed by atoms with van der Waals surface area (Å²) >= 11 is 7.36. The quantitative estimate of drug-likeness (QED) is 0.787. The molecule has 0 saturated heterocycles. The Morgan fingerprint density at radius 1 is 1.38 bits per heavy atom. The predicted molar refractivity (Wildman–Crippen MR) is 79.3 cm³/mol. The first-order chi connectivity index (χ1) is 10.1. The van der Waals surface area contributed by atoms with Gasteiger partial charge in [0.05, 0.1) is 12.1 Å². The van der Waals surface area contributed by atoms with Crippen molar-refractivity contribution in [2.45, 2.75) is 12.6 Å². The van der Waals surface area contributed by atoms with Gasteiger partial charge < -0.3 is 15.7 Å². The van der Waals surface area contributed by atoms with Crippen molar-refractivity contribution < 1.29 is 14.7 Å². The number of nitrogens with one attached hydrogen (secondary N) is 2. The zero-order valence-corrected chi connectivity index (χ0v) is 12.3. The number of aromatic nitrogens is 1. The molecule has 0 bridgehead atoms. The van der Waals surface area contributed by atoms with E-state index in [1.807, 2.05) is 0 Å². The summed E-state index contributed by atoms with van der Waals surface area (Å²) in [4.78, 5) is 27.9. The van der Waals surface area contributed by atoms with E-state index in [0.717, 1.165) is 4.88 Å². The minimum absolute atomic E-state index is 0.283. The second kappa shape index (κ2) is 7.05. The summed E-state index contributed by atoms with van der Waals surface area (Å²) in [5.41, 5.74) is 1.98. The molecule has 2 aromatic rings. The van der Waals surface area contributed by atoms with E-state index in [1.165, 1.54) is 11.3 Å². The number of carbonyl (C=O) groups excluding carboxylic acids is 1. The summed E-state index contributed by atoms with van der Waals surface area (Å²) in [5.74, 6) is -1.18. The van der Waals surface area contributed by atoms with Crippen molar-refractivity contribution >= 4 is 34.9 Å². The molecule has 6 nitrogen and oxygen atoms in total. The van der Waals surface area contributed by atoms with E-state index in [2.05, 4.69) is 15.6 Å². The maximum atomic E-state index is 11.8. The van der Waals surface area contributed by atoms with Crippen LogP contribution < -0.4 is 10.6 Å². The van der Waals surface area contributed by atoms with Crippen molar-refractivity contribution in [1.82, 2.24) is 15.6 Å². The monoisotopic (exact) mass is 325 g/mol. The van der Waals surface area contributed by atoms with Crippen LogP contribution in [0.1, 0.15) is 16.5 Å². The fourth-order valence-corrected chi connectivity index (χ4v) is 2.44. The van der Waals surface area contributed by atoms with Crippen molar-refractivity contribution in [3.05, 3.63) is 51.4 Å². The average Bonchev–Trinajstić information content (AvgIpc) is 2.96. The zero-order valence-electron chi connectivity index (χ0n) is 10.7. The molecule has 21 heavy (non-hydrogen) atoms. The summed E-state index contributed by atoms with van der Waals surface area (Å²) in [6.07, 6.45) is 1.63. The number of amides is 2. The predicted octanol–water partition coefficient (Wildman–Crippen LogP) is 2.42. The van der Waals surface area contributed by atoms with Crippen LogP contribution in [0.2, 0.25) is 5.02 Å². The summed E-state index contributed by atoms with van der Waals surface area (Å²) in [7, 11) is 0. The number of thiazole rings is 1. The van der Waals surface area contributed by atoms with Crippen LogP contribution in [0.5, 0.6) is 0 Å². The maximum absolute atomic E-state index is 11.8. The summed E-state index contributed by atoms with van der Waals surface area (Å²) in [5, 5.41) is 14.5. The molecule has 2 rings (SSSR count). The molecule has 110 valence electrons. The third-order valence-electron chi connectivity index (χ3n) is 2.65. The van der Waals surface area contributed by atoms with E-state index in [9.17, 15) is 14.7 Å². The van der Waals surface area contributed by atoms with E-state index in [0.29, 0.717) is 5.56 Å². The normalized spacial score (nSPS) is 11.7. The Bertz CT molecular complexity index is 633. The Kier molecular flexibility index (Phi) is 5.13. The molecule has 0 spiro atoms. The molecule has 0 aliphatic heterocycles. The van der Waals surface area contributed by atoms with Gasteiger partial charge in [-0.2, -0.15) is 0 Å². The van der Waals surface area contributed by atoms with Crippen molar-refractivity contribution in [2.24, 2.45) is 0 Å². The number of benzene rings is 1. The fraction of sp³-hybridized carbons (Fsp3) is 0.154. The van der Waals surface area contributed by atoms with Crippen LogP contribution in [0.3, 0.4) is 0 Å². The number of carboxylic acids is 1. The van der Waals surface area contributed by atoms with E-state index < -0.39 is 18.0 Å². The number of carboxylic acid groups (broad SMARTS) is 1. The Balaban J connectivity index is 2.01. The smallest absolute Gasteiger partial charge is 0.331 e. The molecule has 1 heterocycles. The molecule has 0 saturated carbocycles. The first-order valence-electron chi connectivity index (χ1n) is 5.97. The third kappa shape index (κ3) is 4.17. The lowest BCUT2D eigenvalue weighted by Crippen LogP contribution is -2.40. The molecule has 2 amide bonds. The molecular formula is C13H12ClN3O3S. The lowest BCUT2D eigenvalue weighted by Gasteiger charge is -2.16. The van der Waals surface area contributed by atoms with E-state index in [-0.39, 0.29) is 11.6 Å². The summed E-state index contributed by atoms with van der Waals surface area (Å²) in [6.45, 7) is 0.283. The molecule has 8 heteroatoms. The molecule has 0 radical (unpaired) electrons. The van der Waals surface area contributed by atoms with Crippen LogP contribution in [-0.4, -0.2) is 22.1 Å². The molecule has 0 aliphatic carbocycles. The second-order valence-corrected chi connectivity index (χ2v) is 5.47. The van der Waals surface area contributed by atoms with Crippen molar-refractivity contribution in [2.75, 3.05) is 0 Å². The zero-order chi connectivity index (χ0) is 15.2. The number of hydrogen-bond donors (Lipinski definition) is 3. The maximum Gasteiger partial charge on any atom is 0.331 e. The van der Waals surface area contributed by atoms with Crippen LogP contribution in [-0.2, 0) is 11.3 Å². The Labute approximate surface area is 129 Å². The molecule has 0 fully saturated rings. The minimum Gasteiger partial charge on any atom is -0.479 e. The standard InChI is InChI=1S/C13H12ClN3O3S/c14-10-4-2-1-3-9(10)11(12(18)19)17-13(20)16-6-8-5-15-7-21-8/h1-5,7,11H,6H2,(H,18,19)(H2,16,17,20)/t11-/m1/s1. The van der Waals surface area contributed by atoms with E-state index in [1.54, 1.807) is 36.0 Å². The van der Waals surface area contributed by atoms with Gasteiger partial charge in [-0.3, -0.25) is 4.98 Å². The SMILES string of the molecule is O=C(NCc1cncs1)N[C@@H](C(=O)O)c1ccccc1Cl. The first kappa shape index (κ1) is 15.3. The number of rotatable bonds is 5. The van der Waals surface area contributed by atoms with Gasteiger partial charge in [-0.1, -0.05) is 29.8 Å². The van der Waals surface area contributed by atoms with E-state index >= 15 is 0 Å². The van der Waals surface area contributed by atoms with Crippen LogP contribution in [0.4, 0.5) is 4.79 Å². The first-order valence-corrected chi connectivity index (χ1v) is 7.22. The lowest BCUT2D eigenvalue weighted by atomic mass is 10.1. The topological polar surface area (TPSA) is 91.3 Å². The number of carbonyl (C=O) groups is 2. The van der Waals surface area contributed by atoms with Gasteiger partial charge in [0.15, 0.2) is 6.04 Å². The highest BCUT2D eigenvalue weighted by atomic mass is 35.5. The summed E-state index contributed by atoms with van der Waals surface area (Å²) in [6, 6.07) is 4.69. The van der Waals surface area contributed by atoms with Crippen molar-refractivity contribution in [1.29, 1.82) is 0 Å². The molecule has 1 atom stereocenters. The van der Waals surface area contributed by atoms with Gasteiger partial charge in [-0.15, -0.1) is 11.3 Å². The van der Waals surface area contributed by atoms with Gasteiger partial charge in [0.25, 0.3) is 0 Å². The molecule has 0 unspecified atom stereocenters. The Morgan fingerprint density at radius 3 is 2.76 bits per heavy atom. The number of halogens is 1. The van der Waals surface area contributed by atoms with Crippen molar-refractivity contribution in [3.63, 3.8) is 0 Å². The number of hydrogen-bond acceptors (Lipinski definition) is 4. The fourth-order valence-electron chi connectivity index (χ4n) is 1.66. The molecule has 1 aromatic heterocycles. The number of nitrogens with zero attached hydrogens (tertiary/aromatic N) is 1. The minimum atomic E-state index is -1.21. The highest BCUT2D eigenvalue weighted by molar-refractivity contribution is 7.09. The highest BCUT2D eigenvalue weighted by Crippen LogP contribution is 2.22. The largest absolute Gasteiger partial charge is 0.479 e. The van der Waals surface area contributed by atoms with Crippen LogP contribution in [0.25, 0.3) is 0 Å².